The maximum atomic E-state index is 7.41. The van der Waals surface area contributed by atoms with E-state index in [-0.39, 0.29) is 23.5 Å². The lowest BCUT2D eigenvalue weighted by Crippen LogP contribution is -2.63. The van der Waals surface area contributed by atoms with Crippen LogP contribution in [0.3, 0.4) is 0 Å². The molecule has 1 saturated heterocycles. The standard InChI is InChI=1S/C13H24O3/c1-8-9-7-11(2,3)13(16-8,10(9)14)12(4,5)15-6/h8-10,14H,7H2,1-6H3/t8-,9?,10-,13?/m0/s1/i14T. The third-order valence-electron chi connectivity index (χ3n) is 4.92. The molecule has 1 heterocycles. The zero-order valence-corrected chi connectivity index (χ0v) is 11.2. The first-order valence-corrected chi connectivity index (χ1v) is 6.08. The molecule has 16 heavy (non-hydrogen) atoms. The largest absolute Gasteiger partial charge is 0.390 e. The minimum Gasteiger partial charge on any atom is -0.390 e. The lowest BCUT2D eigenvalue weighted by atomic mass is 9.67. The molecule has 94 valence electrons. The van der Waals surface area contributed by atoms with E-state index in [0.717, 1.165) is 6.42 Å². The number of rotatable bonds is 3. The van der Waals surface area contributed by atoms with Crippen molar-refractivity contribution in [2.45, 2.75) is 64.4 Å². The van der Waals surface area contributed by atoms with Crippen LogP contribution in [0.5, 0.6) is 0 Å². The third-order valence-corrected chi connectivity index (χ3v) is 4.92. The second-order valence-corrected chi connectivity index (χ2v) is 6.45. The van der Waals surface area contributed by atoms with Crippen molar-refractivity contribution in [1.82, 2.24) is 0 Å². The average Bonchev–Trinajstić information content (AvgIpc) is 2.64. The molecule has 4 atom stereocenters. The Hall–Kier alpha value is -0.120. The van der Waals surface area contributed by atoms with Crippen LogP contribution in [-0.4, -0.2) is 37.1 Å². The lowest BCUT2D eigenvalue weighted by molar-refractivity contribution is -0.248. The van der Waals surface area contributed by atoms with Crippen molar-refractivity contribution in [3.05, 3.63) is 0 Å². The first-order chi connectivity index (χ1) is 7.73. The predicted octanol–water partition coefficient (Wildman–Crippen LogP) is 1.98. The van der Waals surface area contributed by atoms with Gasteiger partial charge in [0.15, 0.2) is 0 Å². The molecule has 1 aliphatic heterocycles. The van der Waals surface area contributed by atoms with E-state index in [1.807, 2.05) is 13.8 Å². The Labute approximate surface area is 99.6 Å². The highest BCUT2D eigenvalue weighted by Gasteiger charge is 2.73. The van der Waals surface area contributed by atoms with Gasteiger partial charge in [-0.05, 0) is 32.6 Å². The van der Waals surface area contributed by atoms with Crippen LogP contribution in [0.2, 0.25) is 0 Å². The molecule has 2 bridgehead atoms. The topological polar surface area (TPSA) is 38.7 Å². The average molecular weight is 230 g/mol. The summed E-state index contributed by atoms with van der Waals surface area (Å²) in [4.78, 5) is 0. The number of fused-ring (bicyclic) bond motifs is 2. The number of methoxy groups -OCH3 is 1. The van der Waals surface area contributed by atoms with E-state index in [2.05, 4.69) is 20.8 Å². The highest BCUT2D eigenvalue weighted by atomic mass is 16.6. The summed E-state index contributed by atoms with van der Waals surface area (Å²) >= 11 is 0. The molecule has 3 nitrogen and oxygen atoms in total. The Balaban J connectivity index is 2.52. The third kappa shape index (κ3) is 1.14. The minimum absolute atomic E-state index is 0.0462. The van der Waals surface area contributed by atoms with E-state index in [0.29, 0.717) is 0 Å². The minimum atomic E-state index is -0.541. The van der Waals surface area contributed by atoms with E-state index in [4.69, 9.17) is 16.0 Å². The molecule has 1 aliphatic carbocycles. The first-order valence-electron chi connectivity index (χ1n) is 6.49. The Morgan fingerprint density at radius 1 is 1.50 bits per heavy atom. The van der Waals surface area contributed by atoms with Gasteiger partial charge in [-0.25, -0.2) is 0 Å². The van der Waals surface area contributed by atoms with Crippen LogP contribution in [0.25, 0.3) is 0 Å². The summed E-state index contributed by atoms with van der Waals surface area (Å²) in [5.41, 5.74) is -1.06. The van der Waals surface area contributed by atoms with Gasteiger partial charge in [-0.1, -0.05) is 13.8 Å². The molecule has 2 rings (SSSR count). The molecule has 1 N–H and O–H groups in total. The van der Waals surface area contributed by atoms with Crippen LogP contribution in [0, 0.1) is 11.3 Å². The second-order valence-electron chi connectivity index (χ2n) is 6.45. The molecule has 0 spiro atoms. The molecule has 1 saturated carbocycles. The number of hydrogen-bond donors (Lipinski definition) is 1. The van der Waals surface area contributed by atoms with Crippen molar-refractivity contribution in [1.29, 1.82) is 1.43 Å². The molecule has 0 aromatic carbocycles. The summed E-state index contributed by atoms with van der Waals surface area (Å²) in [7, 11) is 1.70. The number of hydrogen-bond acceptors (Lipinski definition) is 3. The molecule has 0 aromatic heterocycles. The van der Waals surface area contributed by atoms with Gasteiger partial charge in [0.1, 0.15) is 5.60 Å². The monoisotopic (exact) mass is 230 g/mol. The SMILES string of the molecule is [3H]O[C@H]1C2CC(C)(C)C1(C(C)(C)OC)O[C@H]2C. The van der Waals surface area contributed by atoms with E-state index < -0.39 is 11.2 Å². The van der Waals surface area contributed by atoms with Crippen LogP contribution >= 0.6 is 0 Å². The van der Waals surface area contributed by atoms with Gasteiger partial charge in [0.05, 0.1) is 17.8 Å². The Bertz CT molecular complexity index is 316. The van der Waals surface area contributed by atoms with Crippen molar-refractivity contribution in [2.24, 2.45) is 11.3 Å². The van der Waals surface area contributed by atoms with Crippen molar-refractivity contribution in [2.75, 3.05) is 7.11 Å². The van der Waals surface area contributed by atoms with Crippen LogP contribution in [-0.2, 0) is 9.47 Å². The molecule has 0 aromatic rings. The van der Waals surface area contributed by atoms with Gasteiger partial charge in [-0.2, -0.15) is 0 Å². The van der Waals surface area contributed by atoms with E-state index in [1.165, 1.54) is 0 Å². The van der Waals surface area contributed by atoms with Gasteiger partial charge < -0.3 is 14.6 Å². The summed E-state index contributed by atoms with van der Waals surface area (Å²) < 4.78 is 19.3. The van der Waals surface area contributed by atoms with Crippen molar-refractivity contribution in [3.63, 3.8) is 0 Å². The van der Waals surface area contributed by atoms with Gasteiger partial charge in [-0.3, -0.25) is 0 Å². The molecule has 3 heteroatoms. The van der Waals surface area contributed by atoms with Gasteiger partial charge in [0.25, 0.3) is 0 Å². The summed E-state index contributed by atoms with van der Waals surface area (Å²) in [5, 5.41) is 5.04. The van der Waals surface area contributed by atoms with Gasteiger partial charge in [0, 0.05) is 13.0 Å². The molecule has 2 aliphatic rings. The van der Waals surface area contributed by atoms with Crippen molar-refractivity contribution < 1.29 is 14.6 Å². The molecule has 2 unspecified atom stereocenters. The fourth-order valence-electron chi connectivity index (χ4n) is 4.00. The first kappa shape index (κ1) is 11.0. The number of aliphatic hydroxyl groups excluding tert-OH is 1. The maximum Gasteiger partial charge on any atom is 0.211 e. The Kier molecular flexibility index (Phi) is 2.21. The van der Waals surface area contributed by atoms with Gasteiger partial charge in [0.2, 0.25) is 1.43 Å². The molecule has 2 fully saturated rings. The molecule has 0 amide bonds. The lowest BCUT2D eigenvalue weighted by Gasteiger charge is -2.52. The number of ether oxygens (including phenoxy) is 2. The summed E-state index contributed by atoms with van der Waals surface area (Å²) in [6.07, 6.45) is 0.945. The zero-order valence-electron chi connectivity index (χ0n) is 12.2. The summed E-state index contributed by atoms with van der Waals surface area (Å²) in [5.74, 6) is 0.289. The fourth-order valence-corrected chi connectivity index (χ4v) is 4.00. The van der Waals surface area contributed by atoms with Gasteiger partial charge >= 0.3 is 0 Å². The fraction of sp³-hybridized carbons (Fsp3) is 1.00. The summed E-state index contributed by atoms with van der Waals surface area (Å²) in [6, 6.07) is 0. The quantitative estimate of drug-likeness (QED) is 0.805. The Morgan fingerprint density at radius 3 is 2.62 bits per heavy atom. The predicted molar refractivity (Wildman–Crippen MR) is 62.3 cm³/mol. The smallest absolute Gasteiger partial charge is 0.211 e. The van der Waals surface area contributed by atoms with Crippen LogP contribution in [0.1, 0.15) is 41.0 Å². The molecule has 0 radical (unpaired) electrons. The number of aliphatic hydroxyl groups is 1. The highest BCUT2D eigenvalue weighted by Crippen LogP contribution is 2.63. The highest BCUT2D eigenvalue weighted by molar-refractivity contribution is 5.21. The molecular weight excluding hydrogens is 204 g/mol. The Morgan fingerprint density at radius 2 is 2.12 bits per heavy atom. The van der Waals surface area contributed by atoms with Crippen molar-refractivity contribution >= 4 is 0 Å². The second kappa shape index (κ2) is 3.21. The normalized spacial score (nSPS) is 47.1. The van der Waals surface area contributed by atoms with Crippen LogP contribution in [0.4, 0.5) is 0 Å². The van der Waals surface area contributed by atoms with Crippen LogP contribution in [0.15, 0.2) is 0 Å². The van der Waals surface area contributed by atoms with E-state index >= 15 is 0 Å². The molecular formula is C13H24O3. The maximum absolute atomic E-state index is 7.41. The van der Waals surface area contributed by atoms with E-state index in [9.17, 15) is 0 Å². The summed E-state index contributed by atoms with van der Waals surface area (Å²) in [6.45, 7) is 10.5. The van der Waals surface area contributed by atoms with E-state index in [1.54, 1.807) is 7.11 Å². The van der Waals surface area contributed by atoms with Crippen LogP contribution < -0.4 is 0 Å². The van der Waals surface area contributed by atoms with Gasteiger partial charge in [-0.15, -0.1) is 0 Å². The van der Waals surface area contributed by atoms with Crippen molar-refractivity contribution in [3.8, 4) is 0 Å². The zero-order chi connectivity index (χ0) is 13.1.